The van der Waals surface area contributed by atoms with Crippen LogP contribution in [0.3, 0.4) is 0 Å². The molecule has 0 bridgehead atoms. The number of hydrogen-bond acceptors (Lipinski definition) is 4. The minimum atomic E-state index is -0.807. The third-order valence-electron chi connectivity index (χ3n) is 4.39. The first-order valence-corrected chi connectivity index (χ1v) is 8.87. The molecular weight excluding hydrogens is 336 g/mol. The summed E-state index contributed by atoms with van der Waals surface area (Å²) >= 11 is 0. The number of aliphatic carboxylic acids is 2. The van der Waals surface area contributed by atoms with Crippen LogP contribution in [0.1, 0.15) is 53.4 Å². The maximum absolute atomic E-state index is 11.1. The largest absolute Gasteiger partial charge is 0.493 e. The van der Waals surface area contributed by atoms with Crippen molar-refractivity contribution in [1.82, 2.24) is 0 Å². The van der Waals surface area contributed by atoms with Gasteiger partial charge in [0.15, 0.2) is 0 Å². The molecule has 0 saturated carbocycles. The van der Waals surface area contributed by atoms with Crippen LogP contribution in [0, 0.1) is 10.8 Å². The van der Waals surface area contributed by atoms with Crippen molar-refractivity contribution in [3.8, 4) is 11.5 Å². The number of carboxylic acid groups (broad SMARTS) is 2. The second kappa shape index (κ2) is 9.46. The van der Waals surface area contributed by atoms with Gasteiger partial charge in [-0.15, -0.1) is 0 Å². The van der Waals surface area contributed by atoms with Crippen LogP contribution in [-0.4, -0.2) is 35.4 Å². The van der Waals surface area contributed by atoms with Crippen molar-refractivity contribution in [2.45, 2.75) is 53.4 Å². The van der Waals surface area contributed by atoms with Gasteiger partial charge in [-0.05, 0) is 65.5 Å². The first-order valence-electron chi connectivity index (χ1n) is 8.87. The molecule has 0 aliphatic rings. The number of rotatable bonds is 12. The minimum Gasteiger partial charge on any atom is -0.493 e. The Balaban J connectivity index is 2.37. The predicted octanol–water partition coefficient (Wildman–Crippen LogP) is 4.23. The van der Waals surface area contributed by atoms with Crippen LogP contribution in [0.25, 0.3) is 0 Å². The van der Waals surface area contributed by atoms with Crippen molar-refractivity contribution < 1.29 is 29.3 Å². The molecule has 0 fully saturated rings. The Morgan fingerprint density at radius 1 is 0.846 bits per heavy atom. The quantitative estimate of drug-likeness (QED) is 0.538. The number of carboxylic acids is 2. The minimum absolute atomic E-state index is 0.437. The van der Waals surface area contributed by atoms with Crippen molar-refractivity contribution in [3.63, 3.8) is 0 Å². The molecule has 1 rings (SSSR count). The van der Waals surface area contributed by atoms with E-state index in [1.165, 1.54) is 0 Å². The van der Waals surface area contributed by atoms with Gasteiger partial charge >= 0.3 is 11.9 Å². The SMILES string of the molecule is CC(C)(CCCOc1cccc(OCCCC(C)(C)C(=O)O)c1)C(=O)O. The first-order chi connectivity index (χ1) is 12.0. The van der Waals surface area contributed by atoms with Crippen LogP contribution >= 0.6 is 0 Å². The highest BCUT2D eigenvalue weighted by molar-refractivity contribution is 5.73. The summed E-state index contributed by atoms with van der Waals surface area (Å²) < 4.78 is 11.3. The highest BCUT2D eigenvalue weighted by Gasteiger charge is 2.27. The normalized spacial score (nSPS) is 11.8. The summed E-state index contributed by atoms with van der Waals surface area (Å²) in [4.78, 5) is 22.1. The van der Waals surface area contributed by atoms with Gasteiger partial charge in [0.05, 0.1) is 24.0 Å². The van der Waals surface area contributed by atoms with Crippen LogP contribution in [0.4, 0.5) is 0 Å². The van der Waals surface area contributed by atoms with Crippen molar-refractivity contribution in [2.75, 3.05) is 13.2 Å². The molecule has 0 saturated heterocycles. The smallest absolute Gasteiger partial charge is 0.309 e. The molecule has 6 heteroatoms. The molecule has 0 unspecified atom stereocenters. The van der Waals surface area contributed by atoms with Gasteiger partial charge in [-0.1, -0.05) is 6.07 Å². The zero-order valence-electron chi connectivity index (χ0n) is 16.1. The summed E-state index contributed by atoms with van der Waals surface area (Å²) in [5, 5.41) is 18.2. The maximum Gasteiger partial charge on any atom is 0.309 e. The van der Waals surface area contributed by atoms with Crippen LogP contribution in [0.5, 0.6) is 11.5 Å². The van der Waals surface area contributed by atoms with Gasteiger partial charge in [0, 0.05) is 6.07 Å². The molecule has 0 aromatic heterocycles. The van der Waals surface area contributed by atoms with Gasteiger partial charge in [-0.3, -0.25) is 9.59 Å². The Bertz CT molecular complexity index is 557. The van der Waals surface area contributed by atoms with Crippen LogP contribution < -0.4 is 9.47 Å². The topological polar surface area (TPSA) is 93.1 Å². The van der Waals surface area contributed by atoms with Gasteiger partial charge in [0.25, 0.3) is 0 Å². The van der Waals surface area contributed by atoms with E-state index in [0.29, 0.717) is 50.4 Å². The standard InChI is InChI=1S/C20H30O6/c1-19(2,17(21)22)10-6-12-25-15-8-5-9-16(14-15)26-13-7-11-20(3,4)18(23)24/h5,8-9,14H,6-7,10-13H2,1-4H3,(H,21,22)(H,23,24). The molecule has 0 spiro atoms. The lowest BCUT2D eigenvalue weighted by Crippen LogP contribution is -2.24. The van der Waals surface area contributed by atoms with Gasteiger partial charge < -0.3 is 19.7 Å². The second-order valence-electron chi connectivity index (χ2n) is 7.76. The molecule has 0 atom stereocenters. The van der Waals surface area contributed by atoms with Crippen molar-refractivity contribution >= 4 is 11.9 Å². The third-order valence-corrected chi connectivity index (χ3v) is 4.39. The van der Waals surface area contributed by atoms with E-state index < -0.39 is 22.8 Å². The van der Waals surface area contributed by atoms with E-state index in [4.69, 9.17) is 19.7 Å². The van der Waals surface area contributed by atoms with E-state index in [2.05, 4.69) is 0 Å². The van der Waals surface area contributed by atoms with E-state index in [1.54, 1.807) is 33.8 Å². The Morgan fingerprint density at radius 2 is 1.23 bits per heavy atom. The molecule has 146 valence electrons. The number of carbonyl (C=O) groups is 2. The lowest BCUT2D eigenvalue weighted by Gasteiger charge is -2.19. The number of ether oxygens (including phenoxy) is 2. The van der Waals surface area contributed by atoms with Crippen LogP contribution in [0.15, 0.2) is 24.3 Å². The molecule has 0 radical (unpaired) electrons. The lowest BCUT2D eigenvalue weighted by molar-refractivity contribution is -0.148. The van der Waals surface area contributed by atoms with E-state index in [0.717, 1.165) is 0 Å². The molecule has 0 aliphatic carbocycles. The molecule has 1 aromatic rings. The fourth-order valence-electron chi connectivity index (χ4n) is 2.28. The molecule has 26 heavy (non-hydrogen) atoms. The Labute approximate surface area is 155 Å². The lowest BCUT2D eigenvalue weighted by atomic mass is 9.88. The molecule has 6 nitrogen and oxygen atoms in total. The summed E-state index contributed by atoms with van der Waals surface area (Å²) in [7, 11) is 0. The molecule has 0 aliphatic heterocycles. The zero-order chi connectivity index (χ0) is 19.8. The fraction of sp³-hybridized carbons (Fsp3) is 0.600. The number of hydrogen-bond donors (Lipinski definition) is 2. The Morgan fingerprint density at radius 3 is 1.58 bits per heavy atom. The highest BCUT2D eigenvalue weighted by atomic mass is 16.5. The molecule has 1 aromatic carbocycles. The zero-order valence-corrected chi connectivity index (χ0v) is 16.1. The van der Waals surface area contributed by atoms with E-state index >= 15 is 0 Å². The van der Waals surface area contributed by atoms with Crippen LogP contribution in [0.2, 0.25) is 0 Å². The van der Waals surface area contributed by atoms with Gasteiger partial charge in [-0.25, -0.2) is 0 Å². The van der Waals surface area contributed by atoms with Crippen molar-refractivity contribution in [2.24, 2.45) is 10.8 Å². The average molecular weight is 366 g/mol. The summed E-state index contributed by atoms with van der Waals surface area (Å²) in [5.41, 5.74) is -1.50. The van der Waals surface area contributed by atoms with Gasteiger partial charge in [0.1, 0.15) is 11.5 Å². The van der Waals surface area contributed by atoms with Crippen molar-refractivity contribution in [1.29, 1.82) is 0 Å². The summed E-state index contributed by atoms with van der Waals surface area (Å²) in [6.45, 7) is 7.69. The molecule has 2 N–H and O–H groups in total. The number of benzene rings is 1. The average Bonchev–Trinajstić information content (AvgIpc) is 2.56. The monoisotopic (exact) mass is 366 g/mol. The fourth-order valence-corrected chi connectivity index (χ4v) is 2.28. The van der Waals surface area contributed by atoms with Gasteiger partial charge in [-0.2, -0.15) is 0 Å². The van der Waals surface area contributed by atoms with E-state index in [9.17, 15) is 9.59 Å². The first kappa shape index (κ1) is 21.8. The van der Waals surface area contributed by atoms with E-state index in [1.807, 2.05) is 18.2 Å². The highest BCUT2D eigenvalue weighted by Crippen LogP contribution is 2.25. The van der Waals surface area contributed by atoms with Crippen LogP contribution in [-0.2, 0) is 9.59 Å². The van der Waals surface area contributed by atoms with E-state index in [-0.39, 0.29) is 0 Å². The molecular formula is C20H30O6. The maximum atomic E-state index is 11.1. The Hall–Kier alpha value is -2.24. The summed E-state index contributed by atoms with van der Waals surface area (Å²) in [6.07, 6.45) is 2.37. The van der Waals surface area contributed by atoms with Gasteiger partial charge in [0.2, 0.25) is 0 Å². The summed E-state index contributed by atoms with van der Waals surface area (Å²) in [6, 6.07) is 7.25. The molecule has 0 amide bonds. The second-order valence-corrected chi connectivity index (χ2v) is 7.76. The predicted molar refractivity (Wildman–Crippen MR) is 98.7 cm³/mol. The van der Waals surface area contributed by atoms with Crippen molar-refractivity contribution in [3.05, 3.63) is 24.3 Å². The Kier molecular flexibility index (Phi) is 7.93. The molecule has 0 heterocycles. The summed E-state index contributed by atoms with van der Waals surface area (Å²) in [5.74, 6) is -0.277. The third kappa shape index (κ3) is 7.33.